The number of rotatable bonds is 52. The molecule has 1 atom stereocenters. The van der Waals surface area contributed by atoms with Gasteiger partial charge in [0.05, 0.1) is 0 Å². The minimum absolute atomic E-state index is 0.116. The fraction of sp³-hybridized carbons (Fsp3) is 0.627. The third kappa shape index (κ3) is 58.3. The van der Waals surface area contributed by atoms with Gasteiger partial charge in [-0.15, -0.1) is 0 Å². The summed E-state index contributed by atoms with van der Waals surface area (Å²) in [5.41, 5.74) is 0. The average Bonchev–Trinajstić information content (AvgIpc) is 3.39. The van der Waals surface area contributed by atoms with Crippen LogP contribution >= 0.6 is 0 Å². The molecule has 0 radical (unpaired) electrons. The predicted molar refractivity (Wildman–Crippen MR) is 316 cm³/mol. The quantitative estimate of drug-likeness (QED) is 0.0261. The molecule has 0 aromatic rings. The SMILES string of the molecule is CC/C=C\C/C=C\C/C=C\C/C=C\CCCCCCC(=O)OC(COC(=O)CC/C=C\C/C=C\C/C=C\C/C=C\CC)COC(=O)CCCCCCCCCCCC/C=C\C/C=C\C/C=C\CCCCCCC. The van der Waals surface area contributed by atoms with Crippen LogP contribution in [0, 0.1) is 0 Å². The Kier molecular flexibility index (Phi) is 56.4. The van der Waals surface area contributed by atoms with Crippen molar-refractivity contribution in [2.75, 3.05) is 13.2 Å². The average molecular weight is 1010 g/mol. The van der Waals surface area contributed by atoms with Gasteiger partial charge in [-0.3, -0.25) is 14.4 Å². The van der Waals surface area contributed by atoms with Crippen LogP contribution in [0.4, 0.5) is 0 Å². The van der Waals surface area contributed by atoms with E-state index in [0.717, 1.165) is 116 Å². The lowest BCUT2D eigenvalue weighted by Crippen LogP contribution is -2.30. The molecule has 0 amide bonds. The van der Waals surface area contributed by atoms with E-state index in [1.165, 1.54) is 89.9 Å². The molecule has 0 N–H and O–H groups in total. The molecule has 0 fully saturated rings. The Bertz CT molecular complexity index is 1580. The monoisotopic (exact) mass is 1010 g/mol. The molecule has 0 bridgehead atoms. The highest BCUT2D eigenvalue weighted by Gasteiger charge is 2.19. The standard InChI is InChI=1S/C67H108O6/c1-4-7-10-13-16-19-22-25-27-29-30-31-32-33-34-35-36-38-39-42-45-48-51-54-57-60-66(69)72-63-64(62-71-65(68)59-56-53-50-47-44-41-24-21-18-15-12-9-6-3)73-67(70)61-58-55-52-49-46-43-40-37-28-26-23-20-17-14-11-8-5-2/h8-9,11-12,17-18,20-22,25-26,28-30,32-33,40-41,43-44,50,53,64H,4-7,10,13-16,19,23-24,27,31,34-39,42,45-49,51-52,54-63H2,1-3H3/b11-8-,12-9-,20-17-,21-18-,25-22-,28-26-,30-29-,33-32-,43-40-,44-41-,53-50-. The van der Waals surface area contributed by atoms with Crippen LogP contribution in [0.2, 0.25) is 0 Å². The Labute approximate surface area is 449 Å². The number of unbranched alkanes of at least 4 members (excludes halogenated alkanes) is 19. The lowest BCUT2D eigenvalue weighted by Gasteiger charge is -2.18. The molecule has 0 aromatic carbocycles. The fourth-order valence-electron chi connectivity index (χ4n) is 7.75. The lowest BCUT2D eigenvalue weighted by molar-refractivity contribution is -0.166. The van der Waals surface area contributed by atoms with E-state index in [1.807, 2.05) is 12.2 Å². The van der Waals surface area contributed by atoms with Crippen LogP contribution in [0.5, 0.6) is 0 Å². The largest absolute Gasteiger partial charge is 0.462 e. The second-order valence-electron chi connectivity index (χ2n) is 19.1. The summed E-state index contributed by atoms with van der Waals surface area (Å²) in [5, 5.41) is 0. The zero-order chi connectivity index (χ0) is 52.9. The Morgan fingerprint density at radius 1 is 0.288 bits per heavy atom. The van der Waals surface area contributed by atoms with Crippen molar-refractivity contribution in [2.45, 2.75) is 258 Å². The maximum Gasteiger partial charge on any atom is 0.306 e. The van der Waals surface area contributed by atoms with Crippen LogP contribution in [0.1, 0.15) is 252 Å². The first kappa shape index (κ1) is 68.6. The van der Waals surface area contributed by atoms with Crippen LogP contribution in [0.15, 0.2) is 134 Å². The third-order valence-corrected chi connectivity index (χ3v) is 12.1. The first-order chi connectivity index (χ1) is 36.0. The number of allylic oxidation sites excluding steroid dienone is 22. The number of ether oxygens (including phenoxy) is 3. The zero-order valence-electron chi connectivity index (χ0n) is 47.1. The summed E-state index contributed by atoms with van der Waals surface area (Å²) in [6.45, 7) is 6.31. The zero-order valence-corrected chi connectivity index (χ0v) is 47.1. The van der Waals surface area contributed by atoms with E-state index in [4.69, 9.17) is 14.2 Å². The maximum absolute atomic E-state index is 12.9. The van der Waals surface area contributed by atoms with Gasteiger partial charge >= 0.3 is 17.9 Å². The van der Waals surface area contributed by atoms with Gasteiger partial charge in [0.25, 0.3) is 0 Å². The summed E-state index contributed by atoms with van der Waals surface area (Å²) in [6, 6.07) is 0. The molecule has 412 valence electrons. The van der Waals surface area contributed by atoms with Gasteiger partial charge in [0, 0.05) is 19.3 Å². The summed E-state index contributed by atoms with van der Waals surface area (Å²) in [5.74, 6) is -1.03. The Balaban J connectivity index is 4.42. The predicted octanol–water partition coefficient (Wildman–Crippen LogP) is 20.2. The third-order valence-electron chi connectivity index (χ3n) is 12.1. The molecule has 0 aliphatic carbocycles. The van der Waals surface area contributed by atoms with Gasteiger partial charge in [-0.05, 0) is 122 Å². The Hall–Kier alpha value is -4.45. The van der Waals surface area contributed by atoms with E-state index in [-0.39, 0.29) is 44.0 Å². The van der Waals surface area contributed by atoms with Crippen LogP contribution in [-0.4, -0.2) is 37.2 Å². The normalized spacial score (nSPS) is 13.1. The number of hydrogen-bond acceptors (Lipinski definition) is 6. The minimum Gasteiger partial charge on any atom is -0.462 e. The smallest absolute Gasteiger partial charge is 0.306 e. The fourth-order valence-corrected chi connectivity index (χ4v) is 7.75. The van der Waals surface area contributed by atoms with Gasteiger partial charge < -0.3 is 14.2 Å². The maximum atomic E-state index is 12.9. The number of carbonyl (C=O) groups is 3. The van der Waals surface area contributed by atoms with Crippen molar-refractivity contribution in [2.24, 2.45) is 0 Å². The first-order valence-electron chi connectivity index (χ1n) is 29.7. The van der Waals surface area contributed by atoms with Crippen molar-refractivity contribution in [1.82, 2.24) is 0 Å². The molecule has 0 spiro atoms. The van der Waals surface area contributed by atoms with Crippen molar-refractivity contribution >= 4 is 17.9 Å². The molecule has 0 saturated heterocycles. The molecule has 0 aliphatic heterocycles. The van der Waals surface area contributed by atoms with Crippen molar-refractivity contribution in [3.05, 3.63) is 134 Å². The van der Waals surface area contributed by atoms with E-state index >= 15 is 0 Å². The molecule has 6 heteroatoms. The molecule has 1 unspecified atom stereocenters. The van der Waals surface area contributed by atoms with Crippen molar-refractivity contribution in [1.29, 1.82) is 0 Å². The molecule has 0 heterocycles. The molecule has 0 aromatic heterocycles. The Morgan fingerprint density at radius 2 is 0.562 bits per heavy atom. The molecule has 73 heavy (non-hydrogen) atoms. The van der Waals surface area contributed by atoms with Gasteiger partial charge in [-0.2, -0.15) is 0 Å². The Morgan fingerprint density at radius 3 is 0.918 bits per heavy atom. The van der Waals surface area contributed by atoms with E-state index in [1.54, 1.807) is 0 Å². The summed E-state index contributed by atoms with van der Waals surface area (Å²) < 4.78 is 16.8. The summed E-state index contributed by atoms with van der Waals surface area (Å²) in [4.78, 5) is 38.1. The number of esters is 3. The molecular formula is C67H108O6. The second-order valence-corrected chi connectivity index (χ2v) is 19.1. The molecular weight excluding hydrogens is 901 g/mol. The lowest BCUT2D eigenvalue weighted by atomic mass is 10.1. The van der Waals surface area contributed by atoms with Crippen molar-refractivity contribution in [3.63, 3.8) is 0 Å². The summed E-state index contributed by atoms with van der Waals surface area (Å²) in [7, 11) is 0. The summed E-state index contributed by atoms with van der Waals surface area (Å²) >= 11 is 0. The molecule has 6 nitrogen and oxygen atoms in total. The van der Waals surface area contributed by atoms with Crippen LogP contribution in [-0.2, 0) is 28.6 Å². The van der Waals surface area contributed by atoms with E-state index < -0.39 is 6.10 Å². The topological polar surface area (TPSA) is 78.9 Å². The highest BCUT2D eigenvalue weighted by molar-refractivity contribution is 5.71. The molecule has 0 rings (SSSR count). The van der Waals surface area contributed by atoms with Crippen molar-refractivity contribution < 1.29 is 28.6 Å². The van der Waals surface area contributed by atoms with Gasteiger partial charge in [0.15, 0.2) is 6.10 Å². The van der Waals surface area contributed by atoms with Crippen molar-refractivity contribution in [3.8, 4) is 0 Å². The number of carbonyl (C=O) groups excluding carboxylic acids is 3. The van der Waals surface area contributed by atoms with Crippen LogP contribution in [0.25, 0.3) is 0 Å². The summed E-state index contributed by atoms with van der Waals surface area (Å²) in [6.07, 6.45) is 84.6. The first-order valence-corrected chi connectivity index (χ1v) is 29.7. The van der Waals surface area contributed by atoms with E-state index in [2.05, 4.69) is 142 Å². The molecule has 0 aliphatic rings. The van der Waals surface area contributed by atoms with Crippen LogP contribution in [0.3, 0.4) is 0 Å². The minimum atomic E-state index is -0.827. The highest BCUT2D eigenvalue weighted by Crippen LogP contribution is 2.14. The van der Waals surface area contributed by atoms with E-state index in [9.17, 15) is 14.4 Å². The van der Waals surface area contributed by atoms with Gasteiger partial charge in [0.2, 0.25) is 0 Å². The van der Waals surface area contributed by atoms with Crippen LogP contribution < -0.4 is 0 Å². The second kappa shape index (κ2) is 60.1. The van der Waals surface area contributed by atoms with E-state index in [0.29, 0.717) is 12.8 Å². The molecule has 0 saturated carbocycles. The number of hydrogen-bond donors (Lipinski definition) is 0. The van der Waals surface area contributed by atoms with Gasteiger partial charge in [-0.25, -0.2) is 0 Å². The van der Waals surface area contributed by atoms with Gasteiger partial charge in [-0.1, -0.05) is 244 Å². The highest BCUT2D eigenvalue weighted by atomic mass is 16.6. The van der Waals surface area contributed by atoms with Gasteiger partial charge in [0.1, 0.15) is 13.2 Å².